The molecule has 43 heavy (non-hydrogen) atoms. The lowest BCUT2D eigenvalue weighted by Crippen LogP contribution is -2.69. The third kappa shape index (κ3) is 4.58. The van der Waals surface area contributed by atoms with Gasteiger partial charge in [-0.25, -0.2) is 0 Å². The van der Waals surface area contributed by atoms with Crippen LogP contribution in [0.1, 0.15) is 53.1 Å². The van der Waals surface area contributed by atoms with Gasteiger partial charge in [0, 0.05) is 42.7 Å². The van der Waals surface area contributed by atoms with Crippen LogP contribution in [0.2, 0.25) is 0 Å². The predicted octanol–water partition coefficient (Wildman–Crippen LogP) is 5.58. The highest BCUT2D eigenvalue weighted by atomic mass is 16.5. The largest absolute Gasteiger partial charge is 0.504 e. The maximum atomic E-state index is 13.6. The van der Waals surface area contributed by atoms with E-state index in [1.807, 2.05) is 36.2 Å². The molecule has 7 rings (SSSR count). The van der Waals surface area contributed by atoms with E-state index in [1.54, 1.807) is 6.08 Å². The molecule has 6 atom stereocenters. The van der Waals surface area contributed by atoms with Crippen LogP contribution >= 0.6 is 0 Å². The lowest BCUT2D eigenvalue weighted by Gasteiger charge is -2.60. The Morgan fingerprint density at radius 2 is 1.91 bits per heavy atom. The zero-order valence-corrected chi connectivity index (χ0v) is 25.7. The summed E-state index contributed by atoms with van der Waals surface area (Å²) in [5.41, 5.74) is 5.88. The van der Waals surface area contributed by atoms with Gasteiger partial charge in [0.2, 0.25) is 5.91 Å². The first-order valence-corrected chi connectivity index (χ1v) is 15.8. The van der Waals surface area contributed by atoms with Crippen LogP contribution in [0.25, 0.3) is 6.08 Å². The molecule has 4 aliphatic rings. The Morgan fingerprint density at radius 1 is 1.09 bits per heavy atom. The quantitative estimate of drug-likeness (QED) is 0.372. The minimum atomic E-state index is -0.194. The molecular weight excluding hydrogens is 534 g/mol. The molecule has 1 N–H and O–H groups in total. The van der Waals surface area contributed by atoms with E-state index in [4.69, 9.17) is 4.74 Å². The van der Waals surface area contributed by atoms with Gasteiger partial charge in [-0.05, 0) is 88.0 Å². The van der Waals surface area contributed by atoms with Crippen LogP contribution in [0, 0.1) is 12.8 Å². The summed E-state index contributed by atoms with van der Waals surface area (Å²) >= 11 is 0. The summed E-state index contributed by atoms with van der Waals surface area (Å²) in [6, 6.07) is 23.6. The van der Waals surface area contributed by atoms with Crippen LogP contribution in [-0.4, -0.2) is 78.1 Å². The molecule has 1 amide bonds. The van der Waals surface area contributed by atoms with E-state index >= 15 is 0 Å². The number of rotatable bonds is 7. The summed E-state index contributed by atoms with van der Waals surface area (Å²) in [6.45, 7) is 4.02. The van der Waals surface area contributed by atoms with Crippen LogP contribution in [-0.2, 0) is 16.6 Å². The van der Waals surface area contributed by atoms with Crippen molar-refractivity contribution in [3.05, 3.63) is 101 Å². The van der Waals surface area contributed by atoms with Crippen molar-refractivity contribution in [3.63, 3.8) is 0 Å². The fourth-order valence-corrected chi connectivity index (χ4v) is 8.91. The number of likely N-dealkylation sites (tertiary alicyclic amines) is 1. The number of hydrogen-bond donors (Lipinski definition) is 1. The maximum Gasteiger partial charge on any atom is 0.246 e. The number of carbonyl (C=O) groups excluding carboxylic acids is 1. The van der Waals surface area contributed by atoms with Gasteiger partial charge in [-0.1, -0.05) is 66.2 Å². The van der Waals surface area contributed by atoms with Gasteiger partial charge in [0.15, 0.2) is 11.5 Å². The zero-order chi connectivity index (χ0) is 29.9. The van der Waals surface area contributed by atoms with Crippen molar-refractivity contribution in [1.82, 2.24) is 14.7 Å². The highest BCUT2D eigenvalue weighted by molar-refractivity contribution is 5.92. The highest BCUT2D eigenvalue weighted by Crippen LogP contribution is 2.64. The van der Waals surface area contributed by atoms with Gasteiger partial charge in [0.05, 0.1) is 6.04 Å². The number of phenols is 1. The molecule has 0 aromatic heterocycles. The monoisotopic (exact) mass is 577 g/mol. The first-order chi connectivity index (χ1) is 20.8. The van der Waals surface area contributed by atoms with Crippen LogP contribution in [0.5, 0.6) is 11.5 Å². The molecule has 1 saturated heterocycles. The van der Waals surface area contributed by atoms with Crippen LogP contribution in [0.3, 0.4) is 0 Å². The van der Waals surface area contributed by atoms with E-state index in [0.29, 0.717) is 23.8 Å². The third-order valence-electron chi connectivity index (χ3n) is 10.9. The molecule has 224 valence electrons. The molecule has 2 bridgehead atoms. The van der Waals surface area contributed by atoms with Crippen molar-refractivity contribution in [2.75, 3.05) is 34.2 Å². The van der Waals surface area contributed by atoms with Gasteiger partial charge in [-0.15, -0.1) is 0 Å². The number of likely N-dealkylation sites (N-methyl/N-ethyl adjacent to an activating group) is 2. The fraction of sp³-hybridized carbons (Fsp3) is 0.432. The maximum absolute atomic E-state index is 13.6. The van der Waals surface area contributed by atoms with Crippen molar-refractivity contribution in [2.24, 2.45) is 5.92 Å². The van der Waals surface area contributed by atoms with E-state index in [9.17, 15) is 9.90 Å². The van der Waals surface area contributed by atoms with Crippen molar-refractivity contribution >= 4 is 12.0 Å². The highest BCUT2D eigenvalue weighted by Gasteiger charge is 2.66. The average molecular weight is 578 g/mol. The molecule has 6 heteroatoms. The molecule has 1 spiro atoms. The van der Waals surface area contributed by atoms with E-state index in [0.717, 1.165) is 44.3 Å². The summed E-state index contributed by atoms with van der Waals surface area (Å²) in [5, 5.41) is 11.0. The molecule has 2 aliphatic carbocycles. The van der Waals surface area contributed by atoms with E-state index in [1.165, 1.54) is 22.3 Å². The second-order valence-electron chi connectivity index (χ2n) is 13.4. The van der Waals surface area contributed by atoms with Crippen LogP contribution < -0.4 is 4.74 Å². The van der Waals surface area contributed by atoms with E-state index in [-0.39, 0.29) is 29.2 Å². The second-order valence-corrected chi connectivity index (χ2v) is 13.4. The van der Waals surface area contributed by atoms with Crippen molar-refractivity contribution in [2.45, 2.75) is 62.3 Å². The summed E-state index contributed by atoms with van der Waals surface area (Å²) < 4.78 is 6.80. The SMILES string of the molecule is Cc1cccc(C=CC(=O)N(C)[C@H]2CC[C@H]3[C@H]4Cc5ccc(O)c6c5[C@@]3(CCN4CC(c3ccccc3)N(C)C)[C@H]2O6)c1. The van der Waals surface area contributed by atoms with E-state index in [2.05, 4.69) is 79.3 Å². The standard InChI is InChI=1S/C37H43N3O3/c1-24-9-8-10-25(21-24)13-18-33(42)39(4)29-16-15-28-30-22-27-14-17-32(41)35-34(27)37(28,36(29)43-35)19-20-40(30)23-31(38(2)3)26-11-6-5-7-12-26/h5-14,17-18,21,28-31,36,41H,15-16,19-20,22-23H2,1-4H3/t28-,29-,30+,31?,36-,37-/m0/s1. The Kier molecular flexibility index (Phi) is 7.10. The zero-order valence-electron chi connectivity index (χ0n) is 25.7. The topological polar surface area (TPSA) is 56.3 Å². The number of phenolic OH excluding ortho intramolecular Hbond substituents is 1. The van der Waals surface area contributed by atoms with Gasteiger partial charge in [0.25, 0.3) is 0 Å². The minimum absolute atomic E-state index is 0.00756. The first kappa shape index (κ1) is 28.2. The van der Waals surface area contributed by atoms with Crippen LogP contribution in [0.15, 0.2) is 72.8 Å². The summed E-state index contributed by atoms with van der Waals surface area (Å²) in [6.07, 6.45) is 7.30. The number of aryl methyl sites for hydroxylation is 1. The minimum Gasteiger partial charge on any atom is -0.504 e. The number of nitrogens with zero attached hydrogens (tertiary/aromatic N) is 3. The van der Waals surface area contributed by atoms with Crippen molar-refractivity contribution in [3.8, 4) is 11.5 Å². The molecule has 2 aliphatic heterocycles. The molecule has 3 aromatic rings. The molecule has 2 fully saturated rings. The Balaban J connectivity index is 1.20. The molecule has 0 radical (unpaired) electrons. The van der Waals surface area contributed by atoms with Gasteiger partial charge >= 0.3 is 0 Å². The molecule has 6 nitrogen and oxygen atoms in total. The summed E-state index contributed by atoms with van der Waals surface area (Å²) in [5.74, 6) is 1.30. The fourth-order valence-electron chi connectivity index (χ4n) is 8.91. The third-order valence-corrected chi connectivity index (χ3v) is 10.9. The molecule has 1 unspecified atom stereocenters. The smallest absolute Gasteiger partial charge is 0.246 e. The number of hydrogen-bond acceptors (Lipinski definition) is 5. The average Bonchev–Trinajstić information content (AvgIpc) is 3.36. The van der Waals surface area contributed by atoms with Crippen molar-refractivity contribution in [1.29, 1.82) is 0 Å². The van der Waals surface area contributed by atoms with Crippen LogP contribution in [0.4, 0.5) is 0 Å². The summed E-state index contributed by atoms with van der Waals surface area (Å²) in [4.78, 5) is 20.5. The molecular formula is C37H43N3O3. The van der Waals surface area contributed by atoms with Crippen molar-refractivity contribution < 1.29 is 14.6 Å². The van der Waals surface area contributed by atoms with Gasteiger partial charge in [0.1, 0.15) is 6.10 Å². The number of amides is 1. The lowest BCUT2D eigenvalue weighted by molar-refractivity contribution is -0.135. The normalized spacial score (nSPS) is 28.0. The second kappa shape index (κ2) is 10.8. The Bertz CT molecular complexity index is 1550. The number of benzene rings is 3. The van der Waals surface area contributed by atoms with Gasteiger partial charge in [-0.3, -0.25) is 9.69 Å². The van der Waals surface area contributed by atoms with Gasteiger partial charge < -0.3 is 19.6 Å². The number of piperidine rings is 1. The Morgan fingerprint density at radius 3 is 2.67 bits per heavy atom. The Hall–Kier alpha value is -3.61. The first-order valence-electron chi connectivity index (χ1n) is 15.8. The number of ether oxygens (including phenoxy) is 1. The van der Waals surface area contributed by atoms with E-state index < -0.39 is 0 Å². The molecule has 3 aromatic carbocycles. The summed E-state index contributed by atoms with van der Waals surface area (Å²) in [7, 11) is 6.29. The lowest BCUT2D eigenvalue weighted by atomic mass is 9.51. The molecule has 2 heterocycles. The number of carbonyl (C=O) groups is 1. The van der Waals surface area contributed by atoms with Gasteiger partial charge in [-0.2, -0.15) is 0 Å². The molecule has 1 saturated carbocycles. The Labute approximate surface area is 255 Å². The number of aromatic hydroxyl groups is 1. The predicted molar refractivity (Wildman–Crippen MR) is 170 cm³/mol.